The Morgan fingerprint density at radius 2 is 1.73 bits per heavy atom. The van der Waals surface area contributed by atoms with Crippen LogP contribution in [0.5, 0.6) is 0 Å². The second-order valence-electron chi connectivity index (χ2n) is 5.35. The highest BCUT2D eigenvalue weighted by molar-refractivity contribution is 5.21. The number of ether oxygens (including phenoxy) is 2. The van der Waals surface area contributed by atoms with Crippen molar-refractivity contribution in [2.24, 2.45) is 5.41 Å². The van der Waals surface area contributed by atoms with Gasteiger partial charge in [0.05, 0.1) is 12.2 Å². The van der Waals surface area contributed by atoms with Crippen LogP contribution in [0.3, 0.4) is 0 Å². The van der Waals surface area contributed by atoms with Crippen molar-refractivity contribution in [3.05, 3.63) is 11.6 Å². The summed E-state index contributed by atoms with van der Waals surface area (Å²) in [5, 5.41) is 0. The van der Waals surface area contributed by atoms with Gasteiger partial charge in [-0.1, -0.05) is 18.6 Å². The largest absolute Gasteiger partial charge is 0.344 e. The first-order valence-corrected chi connectivity index (χ1v) is 5.92. The summed E-state index contributed by atoms with van der Waals surface area (Å²) in [6, 6.07) is 0. The number of hydrogen-bond acceptors (Lipinski definition) is 2. The van der Waals surface area contributed by atoms with E-state index >= 15 is 0 Å². The van der Waals surface area contributed by atoms with Crippen molar-refractivity contribution in [2.75, 3.05) is 0 Å². The number of hydrogen-bond donors (Lipinski definition) is 0. The number of rotatable bonds is 1. The molecular weight excluding hydrogens is 188 g/mol. The Morgan fingerprint density at radius 3 is 2.13 bits per heavy atom. The van der Waals surface area contributed by atoms with Crippen LogP contribution in [0.4, 0.5) is 0 Å². The summed E-state index contributed by atoms with van der Waals surface area (Å²) >= 11 is 0. The molecule has 2 nitrogen and oxygen atoms in total. The molecule has 1 aliphatic carbocycles. The third-order valence-electron chi connectivity index (χ3n) is 4.45. The zero-order valence-electron chi connectivity index (χ0n) is 10.5. The maximum Gasteiger partial charge on any atom is 0.175 e. The minimum atomic E-state index is -0.442. The molecule has 0 aromatic heterocycles. The van der Waals surface area contributed by atoms with Crippen molar-refractivity contribution in [1.29, 1.82) is 0 Å². The van der Waals surface area contributed by atoms with Crippen molar-refractivity contribution in [1.82, 2.24) is 0 Å². The zero-order valence-corrected chi connectivity index (χ0v) is 10.5. The van der Waals surface area contributed by atoms with Crippen LogP contribution in [0.25, 0.3) is 0 Å². The second kappa shape index (κ2) is 3.33. The minimum absolute atomic E-state index is 0.0476. The molecule has 3 unspecified atom stereocenters. The first-order valence-electron chi connectivity index (χ1n) is 5.92. The fourth-order valence-corrected chi connectivity index (χ4v) is 2.77. The van der Waals surface area contributed by atoms with Crippen molar-refractivity contribution in [2.45, 2.75) is 65.5 Å². The highest BCUT2D eigenvalue weighted by Crippen LogP contribution is 2.52. The molecule has 86 valence electrons. The van der Waals surface area contributed by atoms with E-state index in [9.17, 15) is 0 Å². The quantitative estimate of drug-likeness (QED) is 0.618. The van der Waals surface area contributed by atoms with Gasteiger partial charge in [-0.2, -0.15) is 0 Å². The van der Waals surface area contributed by atoms with Crippen LogP contribution in [0, 0.1) is 5.41 Å². The molecule has 15 heavy (non-hydrogen) atoms. The Morgan fingerprint density at radius 1 is 1.20 bits per heavy atom. The predicted octanol–water partition coefficient (Wildman–Crippen LogP) is 3.27. The lowest BCUT2D eigenvalue weighted by Crippen LogP contribution is -2.45. The molecule has 2 rings (SSSR count). The summed E-state index contributed by atoms with van der Waals surface area (Å²) in [6.45, 7) is 10.7. The molecule has 1 heterocycles. The van der Waals surface area contributed by atoms with Gasteiger partial charge in [0.15, 0.2) is 5.79 Å². The van der Waals surface area contributed by atoms with E-state index in [0.717, 1.165) is 12.8 Å². The zero-order chi connectivity index (χ0) is 11.3. The molecule has 0 saturated carbocycles. The molecule has 0 aromatic carbocycles. The standard InChI is InChI=1S/C13H22O2/c1-9-7-6-8-12(9,4)13(5)14-10(2)11(3)15-13/h7,10-11H,6,8H2,1-5H3. The Bertz CT molecular complexity index is 285. The van der Waals surface area contributed by atoms with Crippen LogP contribution < -0.4 is 0 Å². The second-order valence-corrected chi connectivity index (χ2v) is 5.35. The molecule has 1 saturated heterocycles. The van der Waals surface area contributed by atoms with E-state index in [2.05, 4.69) is 40.7 Å². The van der Waals surface area contributed by atoms with Crippen molar-refractivity contribution < 1.29 is 9.47 Å². The van der Waals surface area contributed by atoms with Gasteiger partial charge >= 0.3 is 0 Å². The van der Waals surface area contributed by atoms with E-state index in [1.165, 1.54) is 5.57 Å². The summed E-state index contributed by atoms with van der Waals surface area (Å²) in [5.41, 5.74) is 1.46. The van der Waals surface area contributed by atoms with Crippen LogP contribution in [0.1, 0.15) is 47.5 Å². The third kappa shape index (κ3) is 1.46. The van der Waals surface area contributed by atoms with Crippen LogP contribution in [-0.2, 0) is 9.47 Å². The Labute approximate surface area is 92.6 Å². The van der Waals surface area contributed by atoms with Crippen LogP contribution >= 0.6 is 0 Å². The van der Waals surface area contributed by atoms with Crippen LogP contribution in [-0.4, -0.2) is 18.0 Å². The SMILES string of the molecule is CC1=CCCC1(C)C1(C)OC(C)C(C)O1. The fourth-order valence-electron chi connectivity index (χ4n) is 2.77. The molecule has 0 amide bonds. The van der Waals surface area contributed by atoms with E-state index in [4.69, 9.17) is 9.47 Å². The van der Waals surface area contributed by atoms with Gasteiger partial charge in [0.25, 0.3) is 0 Å². The molecule has 2 aliphatic rings. The molecule has 0 radical (unpaired) electrons. The Kier molecular flexibility index (Phi) is 2.47. The van der Waals surface area contributed by atoms with Crippen LogP contribution in [0.2, 0.25) is 0 Å². The van der Waals surface area contributed by atoms with E-state index in [1.54, 1.807) is 0 Å². The van der Waals surface area contributed by atoms with Crippen molar-refractivity contribution >= 4 is 0 Å². The highest BCUT2D eigenvalue weighted by atomic mass is 16.8. The molecule has 0 bridgehead atoms. The lowest BCUT2D eigenvalue weighted by atomic mass is 9.76. The molecule has 1 fully saturated rings. The average molecular weight is 210 g/mol. The molecular formula is C13H22O2. The van der Waals surface area contributed by atoms with Gasteiger partial charge in [-0.15, -0.1) is 0 Å². The Balaban J connectivity index is 2.27. The van der Waals surface area contributed by atoms with Crippen molar-refractivity contribution in [3.63, 3.8) is 0 Å². The van der Waals surface area contributed by atoms with Gasteiger partial charge in [0.1, 0.15) is 0 Å². The van der Waals surface area contributed by atoms with Crippen LogP contribution in [0.15, 0.2) is 11.6 Å². The van der Waals surface area contributed by atoms with E-state index in [0.29, 0.717) is 0 Å². The van der Waals surface area contributed by atoms with E-state index < -0.39 is 5.79 Å². The Hall–Kier alpha value is -0.340. The van der Waals surface area contributed by atoms with Gasteiger partial charge < -0.3 is 9.47 Å². The molecule has 3 atom stereocenters. The maximum absolute atomic E-state index is 6.06. The maximum atomic E-state index is 6.06. The summed E-state index contributed by atoms with van der Waals surface area (Å²) in [7, 11) is 0. The lowest BCUT2D eigenvalue weighted by Gasteiger charge is -2.41. The topological polar surface area (TPSA) is 18.5 Å². The van der Waals surface area contributed by atoms with Gasteiger partial charge in [-0.05, 0) is 40.5 Å². The summed E-state index contributed by atoms with van der Waals surface area (Å²) < 4.78 is 12.1. The van der Waals surface area contributed by atoms with Gasteiger partial charge in [-0.25, -0.2) is 0 Å². The molecule has 0 N–H and O–H groups in total. The summed E-state index contributed by atoms with van der Waals surface area (Å²) in [5.74, 6) is -0.442. The normalized spacial score (nSPS) is 50.9. The van der Waals surface area contributed by atoms with E-state index in [1.807, 2.05) is 0 Å². The third-order valence-corrected chi connectivity index (χ3v) is 4.45. The molecule has 0 spiro atoms. The first kappa shape index (κ1) is 11.2. The lowest BCUT2D eigenvalue weighted by molar-refractivity contribution is -0.220. The fraction of sp³-hybridized carbons (Fsp3) is 0.846. The average Bonchev–Trinajstić information content (AvgIpc) is 2.59. The van der Waals surface area contributed by atoms with Crippen molar-refractivity contribution in [3.8, 4) is 0 Å². The van der Waals surface area contributed by atoms with Gasteiger partial charge in [-0.3, -0.25) is 0 Å². The molecule has 1 aliphatic heterocycles. The van der Waals surface area contributed by atoms with Gasteiger partial charge in [0.2, 0.25) is 0 Å². The number of allylic oxidation sites excluding steroid dienone is 1. The smallest absolute Gasteiger partial charge is 0.175 e. The summed E-state index contributed by atoms with van der Waals surface area (Å²) in [6.07, 6.45) is 4.98. The molecule has 0 aromatic rings. The van der Waals surface area contributed by atoms with Gasteiger partial charge in [0, 0.05) is 5.41 Å². The van der Waals surface area contributed by atoms with E-state index in [-0.39, 0.29) is 17.6 Å². The minimum Gasteiger partial charge on any atom is -0.344 e. The predicted molar refractivity (Wildman–Crippen MR) is 60.6 cm³/mol. The first-order chi connectivity index (χ1) is 6.89. The molecule has 2 heteroatoms. The highest BCUT2D eigenvalue weighted by Gasteiger charge is 2.54. The monoisotopic (exact) mass is 210 g/mol. The summed E-state index contributed by atoms with van der Waals surface area (Å²) in [4.78, 5) is 0.